The lowest BCUT2D eigenvalue weighted by Gasteiger charge is -2.34. The average Bonchev–Trinajstić information content (AvgIpc) is 3.04. The molecule has 0 aromatic heterocycles. The van der Waals surface area contributed by atoms with E-state index in [4.69, 9.17) is 0 Å². The Morgan fingerprint density at radius 1 is 1.00 bits per heavy atom. The minimum Gasteiger partial charge on any atom is -0.182 e. The predicted octanol–water partition coefficient (Wildman–Crippen LogP) is 5.32. The van der Waals surface area contributed by atoms with Crippen LogP contribution in [0.3, 0.4) is 0 Å². The van der Waals surface area contributed by atoms with Crippen LogP contribution in [0.2, 0.25) is 0 Å². The summed E-state index contributed by atoms with van der Waals surface area (Å²) in [4.78, 5) is 4.38. The van der Waals surface area contributed by atoms with Crippen LogP contribution in [-0.2, 0) is 0 Å². The van der Waals surface area contributed by atoms with Crippen molar-refractivity contribution in [1.82, 2.24) is 0 Å². The van der Waals surface area contributed by atoms with Crippen LogP contribution in [0.15, 0.2) is 35.3 Å². The number of hydrogen-bond acceptors (Lipinski definition) is 2. The van der Waals surface area contributed by atoms with Crippen LogP contribution in [0.4, 0.5) is 0 Å². The van der Waals surface area contributed by atoms with E-state index in [0.29, 0.717) is 23.7 Å². The van der Waals surface area contributed by atoms with Gasteiger partial charge < -0.3 is 0 Å². The molecule has 22 heavy (non-hydrogen) atoms. The van der Waals surface area contributed by atoms with Gasteiger partial charge in [-0.3, -0.25) is 0 Å². The fourth-order valence-electron chi connectivity index (χ4n) is 4.67. The maximum Gasteiger partial charge on any atom is 0.205 e. The second-order valence-corrected chi connectivity index (χ2v) is 7.06. The van der Waals surface area contributed by atoms with E-state index in [2.05, 4.69) is 48.4 Å². The third-order valence-corrected chi connectivity index (χ3v) is 5.79. The van der Waals surface area contributed by atoms with Crippen molar-refractivity contribution in [1.29, 1.82) is 5.26 Å². The van der Waals surface area contributed by atoms with Crippen molar-refractivity contribution in [3.05, 3.63) is 35.9 Å². The molecule has 0 saturated heterocycles. The molecule has 2 aliphatic carbocycles. The van der Waals surface area contributed by atoms with Gasteiger partial charge in [-0.15, -0.1) is 0 Å². The van der Waals surface area contributed by atoms with Gasteiger partial charge in [-0.1, -0.05) is 62.9 Å². The molecule has 0 bridgehead atoms. The van der Waals surface area contributed by atoms with Crippen LogP contribution in [0.5, 0.6) is 0 Å². The standard InChI is InChI=1S/C20H26N2/c1-15-8-5-6-11-17(15)20(22-14-21)19-13-7-12-18(19)16-9-3-2-4-10-16/h2-4,9-10,15,17-19H,5-8,11-13H2,1H3. The molecule has 0 N–H and O–H groups in total. The van der Waals surface area contributed by atoms with Crippen LogP contribution in [-0.4, -0.2) is 5.71 Å². The SMILES string of the molecule is CC1CCCCC1C(=NC#N)C1CCCC1c1ccccc1. The maximum atomic E-state index is 9.23. The quantitative estimate of drug-likeness (QED) is 0.549. The van der Waals surface area contributed by atoms with E-state index in [1.807, 2.05) is 0 Å². The third kappa shape index (κ3) is 3.09. The highest BCUT2D eigenvalue weighted by Gasteiger charge is 2.38. The lowest BCUT2D eigenvalue weighted by Crippen LogP contribution is -2.32. The summed E-state index contributed by atoms with van der Waals surface area (Å²) in [6.07, 6.45) is 11.0. The van der Waals surface area contributed by atoms with Gasteiger partial charge in [-0.05, 0) is 36.7 Å². The van der Waals surface area contributed by atoms with E-state index in [-0.39, 0.29) is 0 Å². The monoisotopic (exact) mass is 294 g/mol. The Bertz CT molecular complexity index is 555. The van der Waals surface area contributed by atoms with Gasteiger partial charge in [-0.2, -0.15) is 10.3 Å². The van der Waals surface area contributed by atoms with Crippen LogP contribution < -0.4 is 0 Å². The third-order valence-electron chi connectivity index (χ3n) is 5.79. The Balaban J connectivity index is 1.88. The van der Waals surface area contributed by atoms with Gasteiger partial charge in [0.25, 0.3) is 0 Å². The lowest BCUT2D eigenvalue weighted by molar-refractivity contribution is 0.314. The van der Waals surface area contributed by atoms with Crippen molar-refractivity contribution in [3.63, 3.8) is 0 Å². The van der Waals surface area contributed by atoms with Crippen LogP contribution >= 0.6 is 0 Å². The molecule has 0 radical (unpaired) electrons. The highest BCUT2D eigenvalue weighted by atomic mass is 14.8. The first-order valence-electron chi connectivity index (χ1n) is 8.82. The summed E-state index contributed by atoms with van der Waals surface area (Å²) in [6.45, 7) is 2.35. The zero-order valence-electron chi connectivity index (χ0n) is 13.5. The van der Waals surface area contributed by atoms with Crippen molar-refractivity contribution >= 4 is 5.71 Å². The summed E-state index contributed by atoms with van der Waals surface area (Å²) in [5, 5.41) is 9.23. The second kappa shape index (κ2) is 7.09. The van der Waals surface area contributed by atoms with Gasteiger partial charge in [0, 0.05) is 17.5 Å². The van der Waals surface area contributed by atoms with Crippen molar-refractivity contribution in [3.8, 4) is 6.19 Å². The Morgan fingerprint density at radius 2 is 1.73 bits per heavy atom. The van der Waals surface area contributed by atoms with Crippen molar-refractivity contribution in [2.24, 2.45) is 22.7 Å². The van der Waals surface area contributed by atoms with Crippen molar-refractivity contribution in [2.45, 2.75) is 57.8 Å². The first-order valence-corrected chi connectivity index (χ1v) is 8.82. The smallest absolute Gasteiger partial charge is 0.182 e. The second-order valence-electron chi connectivity index (χ2n) is 7.06. The molecular weight excluding hydrogens is 268 g/mol. The molecule has 1 aromatic carbocycles. The Kier molecular flexibility index (Phi) is 4.93. The van der Waals surface area contributed by atoms with Gasteiger partial charge in [0.05, 0.1) is 0 Å². The Hall–Kier alpha value is -1.62. The molecule has 0 heterocycles. The van der Waals surface area contributed by atoms with E-state index in [1.165, 1.54) is 56.2 Å². The van der Waals surface area contributed by atoms with E-state index in [9.17, 15) is 5.26 Å². The molecule has 2 heteroatoms. The fraction of sp³-hybridized carbons (Fsp3) is 0.600. The molecule has 2 fully saturated rings. The van der Waals surface area contributed by atoms with Gasteiger partial charge in [0.2, 0.25) is 6.19 Å². The molecule has 4 unspecified atom stereocenters. The topological polar surface area (TPSA) is 36.1 Å². The van der Waals surface area contributed by atoms with E-state index in [1.54, 1.807) is 0 Å². The Morgan fingerprint density at radius 3 is 2.45 bits per heavy atom. The van der Waals surface area contributed by atoms with Gasteiger partial charge in [0.15, 0.2) is 0 Å². The molecule has 0 amide bonds. The molecular formula is C20H26N2. The number of aliphatic imine (C=N–C) groups is 1. The number of nitriles is 1. The molecule has 0 spiro atoms. The molecule has 4 atom stereocenters. The molecule has 116 valence electrons. The molecule has 2 saturated carbocycles. The predicted molar refractivity (Wildman–Crippen MR) is 90.7 cm³/mol. The van der Waals surface area contributed by atoms with Crippen LogP contribution in [0, 0.1) is 29.2 Å². The lowest BCUT2D eigenvalue weighted by atomic mass is 9.71. The normalized spacial score (nSPS) is 32.6. The van der Waals surface area contributed by atoms with Crippen LogP contribution in [0.1, 0.15) is 63.4 Å². The Labute approximate surface area is 134 Å². The number of rotatable bonds is 3. The molecule has 3 rings (SSSR count). The fourth-order valence-corrected chi connectivity index (χ4v) is 4.67. The van der Waals surface area contributed by atoms with Gasteiger partial charge in [0.1, 0.15) is 0 Å². The summed E-state index contributed by atoms with van der Waals surface area (Å²) in [7, 11) is 0. The molecule has 2 aliphatic rings. The van der Waals surface area contributed by atoms with Gasteiger partial charge in [-0.25, -0.2) is 0 Å². The number of benzene rings is 1. The number of hydrogen-bond donors (Lipinski definition) is 0. The van der Waals surface area contributed by atoms with E-state index in [0.717, 1.165) is 0 Å². The van der Waals surface area contributed by atoms with Crippen molar-refractivity contribution in [2.75, 3.05) is 0 Å². The van der Waals surface area contributed by atoms with E-state index < -0.39 is 0 Å². The zero-order chi connectivity index (χ0) is 15.4. The van der Waals surface area contributed by atoms with Crippen molar-refractivity contribution < 1.29 is 0 Å². The largest absolute Gasteiger partial charge is 0.205 e. The van der Waals surface area contributed by atoms with Crippen LogP contribution in [0.25, 0.3) is 0 Å². The first-order chi connectivity index (χ1) is 10.8. The maximum absolute atomic E-state index is 9.23. The first kappa shape index (κ1) is 15.3. The minimum atomic E-state index is 0.479. The summed E-state index contributed by atoms with van der Waals surface area (Å²) in [6, 6.07) is 10.8. The summed E-state index contributed by atoms with van der Waals surface area (Å²) >= 11 is 0. The highest BCUT2D eigenvalue weighted by molar-refractivity contribution is 5.91. The number of nitrogens with zero attached hydrogens (tertiary/aromatic N) is 2. The van der Waals surface area contributed by atoms with E-state index >= 15 is 0 Å². The molecule has 2 nitrogen and oxygen atoms in total. The minimum absolute atomic E-state index is 0.479. The summed E-state index contributed by atoms with van der Waals surface area (Å²) < 4.78 is 0. The molecule has 1 aromatic rings. The zero-order valence-corrected chi connectivity index (χ0v) is 13.5. The highest BCUT2D eigenvalue weighted by Crippen LogP contribution is 2.44. The van der Waals surface area contributed by atoms with Gasteiger partial charge >= 0.3 is 0 Å². The average molecular weight is 294 g/mol. The molecule has 0 aliphatic heterocycles. The summed E-state index contributed by atoms with van der Waals surface area (Å²) in [5.41, 5.74) is 2.65. The summed E-state index contributed by atoms with van der Waals surface area (Å²) in [5.74, 6) is 2.25.